The molecule has 4 aromatic carbocycles. The van der Waals surface area contributed by atoms with Crippen molar-refractivity contribution in [3.8, 4) is 34.7 Å². The molecule has 0 aliphatic carbocycles. The molecule has 3 heterocycles. The number of hydrogen-bond acceptors (Lipinski definition) is 4. The van der Waals surface area contributed by atoms with Crippen LogP contribution in [0.1, 0.15) is 35.2 Å². The molecule has 1 aliphatic heterocycles. The summed E-state index contributed by atoms with van der Waals surface area (Å²) in [6.07, 6.45) is 6.84. The fourth-order valence-corrected chi connectivity index (χ4v) is 6.06. The Balaban J connectivity index is 0.000000408. The molecule has 1 N–H and O–H groups in total. The number of allylic oxidation sites excluding steroid dienone is 1. The van der Waals surface area contributed by atoms with Gasteiger partial charge in [0.05, 0.1) is 24.0 Å². The molecular weight excluding hydrogens is 932 g/mol. The Hall–Kier alpha value is -5.07. The van der Waals surface area contributed by atoms with Crippen LogP contribution in [-0.4, -0.2) is 35.1 Å². The van der Waals surface area contributed by atoms with Crippen LogP contribution in [0.4, 0.5) is 0 Å². The fraction of sp³-hybridized carbons (Fsp3) is 0.182. The van der Waals surface area contributed by atoms with Crippen LogP contribution in [0.5, 0.6) is 0 Å². The van der Waals surface area contributed by atoms with Gasteiger partial charge in [0.1, 0.15) is 6.07 Å². The number of aldehydes is 1. The molecule has 1 radical (unpaired) electrons. The van der Waals surface area contributed by atoms with Crippen molar-refractivity contribution in [1.82, 2.24) is 14.5 Å². The van der Waals surface area contributed by atoms with Gasteiger partial charge in [0, 0.05) is 91.1 Å². The largest absolute Gasteiger partial charge is 0.358 e. The third-order valence-corrected chi connectivity index (χ3v) is 8.38. The topological polar surface area (TPSA) is 95.3 Å². The smallest absolute Gasteiger partial charge is 0.298 e. The maximum absolute atomic E-state index is 11.4. The van der Waals surface area contributed by atoms with E-state index in [0.29, 0.717) is 0 Å². The average Bonchev–Trinajstić information content (AvgIpc) is 3.65. The molecule has 0 unspecified atom stereocenters. The van der Waals surface area contributed by atoms with Crippen LogP contribution in [0.25, 0.3) is 60.1 Å². The fourth-order valence-electron chi connectivity index (χ4n) is 6.06. The van der Waals surface area contributed by atoms with E-state index >= 15 is 0 Å². The molecule has 10 heteroatoms. The average molecular weight is 974 g/mol. The van der Waals surface area contributed by atoms with Gasteiger partial charge in [-0.2, -0.15) is 5.26 Å². The van der Waals surface area contributed by atoms with E-state index in [1.54, 1.807) is 12.1 Å². The summed E-state index contributed by atoms with van der Waals surface area (Å²) in [6.45, 7) is 15.6. The summed E-state index contributed by atoms with van der Waals surface area (Å²) in [7, 11) is 4.00. The van der Waals surface area contributed by atoms with E-state index in [1.165, 1.54) is 32.4 Å². The molecular formula is C44H42N7OUV-. The van der Waals surface area contributed by atoms with Crippen molar-refractivity contribution in [3.05, 3.63) is 156 Å². The standard InChI is InChI=1S/C19H13N3.C16H13NO.C5H11N.C3H2N2.CH3.U.V/c1-21-15(13-20)12-17-16-10-6-7-11-18(16)22(2)19(17)14-8-4-3-5-9-14;1-17-15-10-6-5-9-13(15)14(11-18)16(17)12-7-3-2-4-8-12;1-2-4-6-5-3-1;1-5-3-2-4;;;/h3-12H,2H3;2-11H,1H3;6H,1-5H2;3H2;1H3;;/q;;;;-1;;/b15-12-;;;;;;. The number of nitrogens with one attached hydrogen (secondary N) is 1. The molecule has 0 saturated carbocycles. The van der Waals surface area contributed by atoms with Gasteiger partial charge in [0.25, 0.3) is 12.2 Å². The number of nitrogens with zero attached hydrogens (tertiary/aromatic N) is 6. The number of para-hydroxylation sites is 2. The van der Waals surface area contributed by atoms with Crippen molar-refractivity contribution in [1.29, 1.82) is 10.5 Å². The van der Waals surface area contributed by atoms with Gasteiger partial charge in [0.2, 0.25) is 0 Å². The first-order chi connectivity index (χ1) is 25.0. The molecule has 0 spiro atoms. The van der Waals surface area contributed by atoms with E-state index in [-0.39, 0.29) is 69.3 Å². The molecule has 54 heavy (non-hydrogen) atoms. The minimum Gasteiger partial charge on any atom is -0.358 e. The second-order valence-electron chi connectivity index (χ2n) is 11.6. The first kappa shape index (κ1) is 46.9. The van der Waals surface area contributed by atoms with Crippen LogP contribution >= 0.6 is 0 Å². The van der Waals surface area contributed by atoms with Crippen molar-refractivity contribution in [2.24, 2.45) is 14.1 Å². The van der Waals surface area contributed by atoms with Crippen LogP contribution in [-0.2, 0) is 32.7 Å². The Labute approximate surface area is 355 Å². The van der Waals surface area contributed by atoms with Crippen LogP contribution < -0.4 is 5.32 Å². The summed E-state index contributed by atoms with van der Waals surface area (Å²) < 4.78 is 4.18. The van der Waals surface area contributed by atoms with Gasteiger partial charge in [-0.25, -0.2) is 16.7 Å². The number of carbonyl (C=O) groups excluding carboxylic acids is 1. The summed E-state index contributed by atoms with van der Waals surface area (Å²) in [5.41, 5.74) is 8.05. The van der Waals surface area contributed by atoms with E-state index in [4.69, 9.17) is 23.7 Å². The molecule has 269 valence electrons. The Morgan fingerprint density at radius 3 is 1.54 bits per heavy atom. The van der Waals surface area contributed by atoms with Gasteiger partial charge in [-0.05, 0) is 60.8 Å². The van der Waals surface area contributed by atoms with Crippen LogP contribution in [0.3, 0.4) is 0 Å². The Morgan fingerprint density at radius 2 is 1.19 bits per heavy atom. The Morgan fingerprint density at radius 1 is 0.741 bits per heavy atom. The number of benzene rings is 4. The summed E-state index contributed by atoms with van der Waals surface area (Å²) in [5, 5.41) is 22.0. The van der Waals surface area contributed by atoms with Gasteiger partial charge >= 0.3 is 0 Å². The van der Waals surface area contributed by atoms with Gasteiger partial charge < -0.3 is 26.7 Å². The molecule has 0 bridgehead atoms. The van der Waals surface area contributed by atoms with E-state index in [9.17, 15) is 4.79 Å². The number of hydrogen-bond donors (Lipinski definition) is 1. The SMILES string of the molecule is C1CCNCC1.Cn1c(-c2ccccc2)c(C=O)c2ccccc21.[C-]#[N+]/C(C#N)=C\c1c(-c2ccccc2)n(C)c2ccccc12.[C-]#[N+]CC#N.[CH3-].[U].[V]. The maximum Gasteiger partial charge on any atom is 0.298 e. The third kappa shape index (κ3) is 12.0. The van der Waals surface area contributed by atoms with E-state index < -0.39 is 0 Å². The Bertz CT molecular complexity index is 2240. The Kier molecular flexibility index (Phi) is 21.8. The van der Waals surface area contributed by atoms with Gasteiger partial charge in [-0.3, -0.25) is 4.79 Å². The normalized spacial score (nSPS) is 11.2. The van der Waals surface area contributed by atoms with Crippen molar-refractivity contribution < 1.29 is 54.5 Å². The van der Waals surface area contributed by atoms with Gasteiger partial charge in [-0.15, -0.1) is 0 Å². The number of aryl methyl sites for hydroxylation is 2. The minimum atomic E-state index is -0.0139. The zero-order valence-corrected chi connectivity index (χ0v) is 36.4. The first-order valence-electron chi connectivity index (χ1n) is 16.6. The number of nitriles is 2. The molecule has 6 aromatic rings. The van der Waals surface area contributed by atoms with Crippen LogP contribution in [0, 0.1) is 74.3 Å². The number of fused-ring (bicyclic) bond motifs is 2. The monoisotopic (exact) mass is 973 g/mol. The predicted molar refractivity (Wildman–Crippen MR) is 213 cm³/mol. The van der Waals surface area contributed by atoms with Gasteiger partial charge in [0.15, 0.2) is 6.29 Å². The number of carbonyl (C=O) groups is 1. The van der Waals surface area contributed by atoms with Crippen molar-refractivity contribution in [3.63, 3.8) is 0 Å². The molecule has 1 saturated heterocycles. The minimum absolute atomic E-state index is 0. The first-order valence-corrected chi connectivity index (χ1v) is 16.6. The van der Waals surface area contributed by atoms with Gasteiger partial charge in [-0.1, -0.05) is 103 Å². The quantitative estimate of drug-likeness (QED) is 0.0824. The maximum atomic E-state index is 11.4. The van der Waals surface area contributed by atoms with E-state index in [1.807, 2.05) is 129 Å². The van der Waals surface area contributed by atoms with Crippen molar-refractivity contribution in [2.75, 3.05) is 19.6 Å². The summed E-state index contributed by atoms with van der Waals surface area (Å²) in [6, 6.07) is 39.7. The molecule has 1 aliphatic rings. The molecule has 8 nitrogen and oxygen atoms in total. The third-order valence-electron chi connectivity index (χ3n) is 8.38. The summed E-state index contributed by atoms with van der Waals surface area (Å²) >= 11 is 0. The molecule has 0 atom stereocenters. The second kappa shape index (κ2) is 25.0. The number of rotatable bonds is 4. The van der Waals surface area contributed by atoms with E-state index in [0.717, 1.165) is 61.7 Å². The molecule has 1 fully saturated rings. The van der Waals surface area contributed by atoms with Crippen molar-refractivity contribution >= 4 is 34.2 Å². The molecule has 7 rings (SSSR count). The number of piperidine rings is 1. The zero-order valence-electron chi connectivity index (χ0n) is 30.8. The molecule has 0 amide bonds. The second-order valence-corrected chi connectivity index (χ2v) is 11.6. The zero-order chi connectivity index (χ0) is 36.4. The van der Waals surface area contributed by atoms with Crippen LogP contribution in [0.15, 0.2) is 115 Å². The predicted octanol–water partition coefficient (Wildman–Crippen LogP) is 9.92. The summed E-state index contributed by atoms with van der Waals surface area (Å²) in [4.78, 5) is 17.5. The molecule has 2 aromatic heterocycles. The number of aromatic nitrogens is 2. The summed E-state index contributed by atoms with van der Waals surface area (Å²) in [5.74, 6) is 0. The van der Waals surface area contributed by atoms with Crippen molar-refractivity contribution in [2.45, 2.75) is 19.3 Å². The van der Waals surface area contributed by atoms with Crippen LogP contribution in [0.2, 0.25) is 0 Å². The van der Waals surface area contributed by atoms with E-state index in [2.05, 4.69) is 24.1 Å².